The quantitative estimate of drug-likeness (QED) is 0.585. The van der Waals surface area contributed by atoms with Gasteiger partial charge < -0.3 is 9.47 Å². The van der Waals surface area contributed by atoms with Gasteiger partial charge in [0.2, 0.25) is 0 Å². The fourth-order valence-electron chi connectivity index (χ4n) is 2.41. The van der Waals surface area contributed by atoms with E-state index >= 15 is 0 Å². The Hall–Kier alpha value is -1.69. The average Bonchev–Trinajstić information content (AvgIpc) is 2.80. The minimum Gasteiger partial charge on any atom is -0.461 e. The molecule has 1 aromatic heterocycles. The molecule has 0 aromatic carbocycles. The van der Waals surface area contributed by atoms with E-state index in [-0.39, 0.29) is 11.5 Å². The van der Waals surface area contributed by atoms with Crippen LogP contribution in [0.3, 0.4) is 0 Å². The molecule has 1 heterocycles. The molecular formula is C14H20N2O4. The number of carbonyl (C=O) groups excluding carboxylic acids is 2. The second-order valence-electron chi connectivity index (χ2n) is 4.59. The summed E-state index contributed by atoms with van der Waals surface area (Å²) in [5.74, 6) is -0.403. The molecule has 0 bridgehead atoms. The van der Waals surface area contributed by atoms with E-state index in [1.807, 2.05) is 6.92 Å². The predicted molar refractivity (Wildman–Crippen MR) is 71.9 cm³/mol. The second-order valence-corrected chi connectivity index (χ2v) is 4.59. The molecule has 0 radical (unpaired) electrons. The zero-order valence-electron chi connectivity index (χ0n) is 12.0. The predicted octanol–water partition coefficient (Wildman–Crippen LogP) is 1.62. The number of aromatic nitrogens is 2. The summed E-state index contributed by atoms with van der Waals surface area (Å²) in [5.41, 5.74) is 1.57. The molecule has 6 nitrogen and oxygen atoms in total. The molecule has 1 aliphatic rings. The van der Waals surface area contributed by atoms with Crippen LogP contribution in [0.2, 0.25) is 0 Å². The summed E-state index contributed by atoms with van der Waals surface area (Å²) in [6, 6.07) is 0. The van der Waals surface area contributed by atoms with Crippen molar-refractivity contribution in [3.63, 3.8) is 0 Å². The van der Waals surface area contributed by atoms with E-state index in [4.69, 9.17) is 9.47 Å². The molecule has 20 heavy (non-hydrogen) atoms. The summed E-state index contributed by atoms with van der Waals surface area (Å²) < 4.78 is 11.9. The highest BCUT2D eigenvalue weighted by Crippen LogP contribution is 2.25. The van der Waals surface area contributed by atoms with Gasteiger partial charge in [-0.25, -0.2) is 4.79 Å². The van der Waals surface area contributed by atoms with Gasteiger partial charge in [-0.15, -0.1) is 0 Å². The highest BCUT2D eigenvalue weighted by molar-refractivity contribution is 6.00. The number of ether oxygens (including phenoxy) is 2. The number of ketones is 1. The summed E-state index contributed by atoms with van der Waals surface area (Å²) in [6.45, 7) is 5.52. The summed E-state index contributed by atoms with van der Waals surface area (Å²) in [5, 5.41) is 4.27. The third-order valence-electron chi connectivity index (χ3n) is 3.27. The topological polar surface area (TPSA) is 70.4 Å². The van der Waals surface area contributed by atoms with Crippen LogP contribution in [0.15, 0.2) is 0 Å². The fourth-order valence-corrected chi connectivity index (χ4v) is 2.41. The van der Waals surface area contributed by atoms with Gasteiger partial charge in [0.1, 0.15) is 5.69 Å². The minimum atomic E-state index is -0.450. The first-order valence-electron chi connectivity index (χ1n) is 7.06. The van der Waals surface area contributed by atoms with Gasteiger partial charge in [0.15, 0.2) is 11.5 Å². The Bertz CT molecular complexity index is 508. The van der Waals surface area contributed by atoms with Crippen molar-refractivity contribution in [2.24, 2.45) is 0 Å². The van der Waals surface area contributed by atoms with Gasteiger partial charge in [-0.2, -0.15) is 5.10 Å². The van der Waals surface area contributed by atoms with Crippen LogP contribution < -0.4 is 0 Å². The van der Waals surface area contributed by atoms with Crippen LogP contribution in [0.25, 0.3) is 0 Å². The van der Waals surface area contributed by atoms with E-state index in [0.717, 1.165) is 12.0 Å². The van der Waals surface area contributed by atoms with Crippen molar-refractivity contribution in [1.29, 1.82) is 0 Å². The normalized spacial score (nSPS) is 14.2. The highest BCUT2D eigenvalue weighted by atomic mass is 16.5. The molecule has 0 atom stereocenters. The summed E-state index contributed by atoms with van der Waals surface area (Å²) in [4.78, 5) is 24.0. The lowest BCUT2D eigenvalue weighted by molar-refractivity contribution is 0.0516. The van der Waals surface area contributed by atoms with E-state index in [1.165, 1.54) is 0 Å². The number of hydrogen-bond acceptors (Lipinski definition) is 5. The van der Waals surface area contributed by atoms with E-state index in [0.29, 0.717) is 44.9 Å². The number of Topliss-reactive ketones (excluding diaryl/α,β-unsaturated/α-hetero) is 1. The number of rotatable bonds is 6. The largest absolute Gasteiger partial charge is 0.461 e. The zero-order chi connectivity index (χ0) is 14.5. The molecule has 2 rings (SSSR count). The van der Waals surface area contributed by atoms with Gasteiger partial charge in [-0.1, -0.05) is 0 Å². The fraction of sp³-hybridized carbons (Fsp3) is 0.643. The molecule has 6 heteroatoms. The molecule has 0 saturated carbocycles. The maximum atomic E-state index is 12.1. The van der Waals surface area contributed by atoms with E-state index < -0.39 is 5.97 Å². The Morgan fingerprint density at radius 1 is 1.30 bits per heavy atom. The number of nitrogens with zero attached hydrogens (tertiary/aromatic N) is 2. The lowest BCUT2D eigenvalue weighted by atomic mass is 9.94. The first kappa shape index (κ1) is 14.7. The Labute approximate surface area is 118 Å². The molecule has 0 unspecified atom stereocenters. The number of esters is 1. The third-order valence-corrected chi connectivity index (χ3v) is 3.27. The Balaban J connectivity index is 2.31. The Morgan fingerprint density at radius 3 is 2.80 bits per heavy atom. The van der Waals surface area contributed by atoms with Crippen LogP contribution in [-0.4, -0.2) is 41.4 Å². The molecule has 0 spiro atoms. The minimum absolute atomic E-state index is 0.0470. The van der Waals surface area contributed by atoms with E-state index in [2.05, 4.69) is 5.10 Å². The molecule has 1 aromatic rings. The van der Waals surface area contributed by atoms with Gasteiger partial charge in [0.05, 0.1) is 19.8 Å². The van der Waals surface area contributed by atoms with Crippen LogP contribution in [0.5, 0.6) is 0 Å². The molecule has 0 aliphatic heterocycles. The summed E-state index contributed by atoms with van der Waals surface area (Å²) in [7, 11) is 0. The molecule has 0 saturated heterocycles. The van der Waals surface area contributed by atoms with Gasteiger partial charge in [0.25, 0.3) is 0 Å². The molecule has 0 amide bonds. The average molecular weight is 280 g/mol. The van der Waals surface area contributed by atoms with Crippen molar-refractivity contribution < 1.29 is 19.1 Å². The maximum absolute atomic E-state index is 12.1. The van der Waals surface area contributed by atoms with E-state index in [9.17, 15) is 9.59 Å². The van der Waals surface area contributed by atoms with Crippen LogP contribution >= 0.6 is 0 Å². The van der Waals surface area contributed by atoms with Gasteiger partial charge in [0, 0.05) is 18.6 Å². The lowest BCUT2D eigenvalue weighted by Crippen LogP contribution is -2.18. The van der Waals surface area contributed by atoms with E-state index in [1.54, 1.807) is 11.6 Å². The van der Waals surface area contributed by atoms with Crippen LogP contribution in [0.1, 0.15) is 53.2 Å². The lowest BCUT2D eigenvalue weighted by Gasteiger charge is -2.13. The second kappa shape index (κ2) is 6.65. The Kier molecular flexibility index (Phi) is 4.89. The third kappa shape index (κ3) is 2.90. The SMILES string of the molecule is CCOCCn1nc(C(=O)OCC)c2c1C(=O)CCC2. The molecule has 110 valence electrons. The van der Waals surface area contributed by atoms with Crippen molar-refractivity contribution in [2.45, 2.75) is 39.7 Å². The number of carbonyl (C=O) groups is 2. The van der Waals surface area contributed by atoms with Crippen LogP contribution in [-0.2, 0) is 22.4 Å². The number of fused-ring (bicyclic) bond motifs is 1. The first-order chi connectivity index (χ1) is 9.69. The molecule has 0 N–H and O–H groups in total. The summed E-state index contributed by atoms with van der Waals surface area (Å²) in [6.07, 6.45) is 1.97. The van der Waals surface area contributed by atoms with Gasteiger partial charge >= 0.3 is 5.97 Å². The van der Waals surface area contributed by atoms with Gasteiger partial charge in [-0.05, 0) is 26.7 Å². The molecule has 0 fully saturated rings. The standard InChI is InChI=1S/C14H20N2O4/c1-3-19-9-8-16-13-10(6-5-7-11(13)17)12(15-16)14(18)20-4-2/h3-9H2,1-2H3. The summed E-state index contributed by atoms with van der Waals surface area (Å²) >= 11 is 0. The van der Waals surface area contributed by atoms with Crippen molar-refractivity contribution >= 4 is 11.8 Å². The first-order valence-corrected chi connectivity index (χ1v) is 7.06. The smallest absolute Gasteiger partial charge is 0.359 e. The molecule has 1 aliphatic carbocycles. The van der Waals surface area contributed by atoms with Crippen molar-refractivity contribution in [3.05, 3.63) is 17.0 Å². The van der Waals surface area contributed by atoms with Crippen molar-refractivity contribution in [3.8, 4) is 0 Å². The van der Waals surface area contributed by atoms with Crippen molar-refractivity contribution in [1.82, 2.24) is 9.78 Å². The Morgan fingerprint density at radius 2 is 2.10 bits per heavy atom. The maximum Gasteiger partial charge on any atom is 0.359 e. The van der Waals surface area contributed by atoms with Gasteiger partial charge in [-0.3, -0.25) is 9.48 Å². The zero-order valence-corrected chi connectivity index (χ0v) is 12.0. The van der Waals surface area contributed by atoms with Crippen LogP contribution in [0.4, 0.5) is 0 Å². The monoisotopic (exact) mass is 280 g/mol. The van der Waals surface area contributed by atoms with Crippen molar-refractivity contribution in [2.75, 3.05) is 19.8 Å². The highest BCUT2D eigenvalue weighted by Gasteiger charge is 2.30. The molecular weight excluding hydrogens is 260 g/mol. The van der Waals surface area contributed by atoms with Crippen LogP contribution in [0, 0.1) is 0 Å². The number of hydrogen-bond donors (Lipinski definition) is 0.